The van der Waals surface area contributed by atoms with Crippen LogP contribution in [0.1, 0.15) is 18.7 Å². The highest BCUT2D eigenvalue weighted by Crippen LogP contribution is 2.30. The fraction of sp³-hybridized carbons (Fsp3) is 0.188. The lowest BCUT2D eigenvalue weighted by Crippen LogP contribution is -2.04. The van der Waals surface area contributed by atoms with Crippen molar-refractivity contribution in [2.75, 3.05) is 6.61 Å². The Morgan fingerprint density at radius 1 is 1.25 bits per heavy atom. The van der Waals surface area contributed by atoms with Crippen LogP contribution in [0.25, 0.3) is 16.5 Å². The van der Waals surface area contributed by atoms with Gasteiger partial charge in [-0.25, -0.2) is 4.79 Å². The molecule has 0 aliphatic carbocycles. The largest absolute Gasteiger partial charge is 0.463 e. The van der Waals surface area contributed by atoms with Crippen molar-refractivity contribution in [3.63, 3.8) is 0 Å². The molecule has 0 saturated carbocycles. The first kappa shape index (κ1) is 14.8. The van der Waals surface area contributed by atoms with Gasteiger partial charge in [0.05, 0.1) is 6.61 Å². The van der Waals surface area contributed by atoms with E-state index in [4.69, 9.17) is 16.3 Å². The van der Waals surface area contributed by atoms with Crippen molar-refractivity contribution in [2.45, 2.75) is 13.8 Å². The summed E-state index contributed by atoms with van der Waals surface area (Å²) in [5, 5.41) is 0.726. The fourth-order valence-electron chi connectivity index (χ4n) is 1.72. The molecule has 104 valence electrons. The topological polar surface area (TPSA) is 26.3 Å². The van der Waals surface area contributed by atoms with Crippen molar-refractivity contribution in [1.82, 2.24) is 0 Å². The first-order valence-electron chi connectivity index (χ1n) is 6.31. The van der Waals surface area contributed by atoms with E-state index in [0.29, 0.717) is 12.2 Å². The molecule has 1 aromatic heterocycles. The third-order valence-electron chi connectivity index (χ3n) is 2.71. The van der Waals surface area contributed by atoms with Crippen molar-refractivity contribution >= 4 is 35.0 Å². The molecule has 0 N–H and O–H groups in total. The first-order valence-corrected chi connectivity index (χ1v) is 7.51. The first-order chi connectivity index (χ1) is 9.60. The number of benzene rings is 1. The van der Waals surface area contributed by atoms with Crippen LogP contribution in [-0.4, -0.2) is 12.6 Å². The average molecular weight is 307 g/mol. The number of carbonyl (C=O) groups is 1. The third-order valence-corrected chi connectivity index (χ3v) is 4.05. The smallest absolute Gasteiger partial charge is 0.333 e. The lowest BCUT2D eigenvalue weighted by molar-refractivity contribution is -0.138. The van der Waals surface area contributed by atoms with Gasteiger partial charge in [0.15, 0.2) is 0 Å². The number of rotatable bonds is 4. The minimum Gasteiger partial charge on any atom is -0.463 e. The molecule has 4 heteroatoms. The lowest BCUT2D eigenvalue weighted by Gasteiger charge is -2.00. The van der Waals surface area contributed by atoms with E-state index < -0.39 is 0 Å². The van der Waals surface area contributed by atoms with Gasteiger partial charge in [0.2, 0.25) is 0 Å². The van der Waals surface area contributed by atoms with Crippen molar-refractivity contribution < 1.29 is 9.53 Å². The van der Waals surface area contributed by atoms with Crippen LogP contribution in [0.2, 0.25) is 5.02 Å². The molecule has 20 heavy (non-hydrogen) atoms. The van der Waals surface area contributed by atoms with E-state index in [9.17, 15) is 4.79 Å². The van der Waals surface area contributed by atoms with Crippen molar-refractivity contribution in [2.24, 2.45) is 0 Å². The van der Waals surface area contributed by atoms with Crippen molar-refractivity contribution in [3.8, 4) is 10.4 Å². The molecule has 1 aromatic carbocycles. The van der Waals surface area contributed by atoms with Crippen LogP contribution in [0.4, 0.5) is 0 Å². The van der Waals surface area contributed by atoms with Gasteiger partial charge in [-0.05, 0) is 49.8 Å². The number of hydrogen-bond donors (Lipinski definition) is 0. The number of thiophene rings is 1. The van der Waals surface area contributed by atoms with Gasteiger partial charge in [0.25, 0.3) is 0 Å². The maximum Gasteiger partial charge on any atom is 0.333 e. The van der Waals surface area contributed by atoms with Gasteiger partial charge in [-0.15, -0.1) is 11.3 Å². The van der Waals surface area contributed by atoms with Crippen molar-refractivity contribution in [3.05, 3.63) is 51.9 Å². The van der Waals surface area contributed by atoms with E-state index >= 15 is 0 Å². The Morgan fingerprint density at radius 2 is 1.95 bits per heavy atom. The van der Waals surface area contributed by atoms with E-state index in [1.807, 2.05) is 42.5 Å². The molecular formula is C16H15ClO2S. The maximum atomic E-state index is 11.6. The molecule has 0 radical (unpaired) electrons. The molecule has 0 aliphatic heterocycles. The summed E-state index contributed by atoms with van der Waals surface area (Å²) in [7, 11) is 0. The normalized spacial score (nSPS) is 11.4. The summed E-state index contributed by atoms with van der Waals surface area (Å²) in [5.41, 5.74) is 1.73. The Bertz CT molecular complexity index is 626. The zero-order chi connectivity index (χ0) is 14.5. The SMILES string of the molecule is CCOC(=O)/C(C)=C/c1ccc(-c2ccc(Cl)cc2)s1. The summed E-state index contributed by atoms with van der Waals surface area (Å²) in [5.74, 6) is -0.269. The van der Waals surface area contributed by atoms with Crippen LogP contribution in [0, 0.1) is 0 Å². The van der Waals surface area contributed by atoms with Crippen LogP contribution in [0.5, 0.6) is 0 Å². The van der Waals surface area contributed by atoms with Crippen LogP contribution >= 0.6 is 22.9 Å². The number of carbonyl (C=O) groups excluding carboxylic acids is 1. The molecule has 1 heterocycles. The molecule has 2 aromatic rings. The van der Waals surface area contributed by atoms with Crippen molar-refractivity contribution in [1.29, 1.82) is 0 Å². The number of halogens is 1. The number of hydrogen-bond acceptors (Lipinski definition) is 3. The second-order valence-corrected chi connectivity index (χ2v) is 5.81. The Hall–Kier alpha value is -1.58. The molecule has 0 atom stereocenters. The summed E-state index contributed by atoms with van der Waals surface area (Å²) in [6.07, 6.45) is 1.85. The molecule has 0 aliphatic rings. The Morgan fingerprint density at radius 3 is 2.60 bits per heavy atom. The third kappa shape index (κ3) is 3.71. The van der Waals surface area contributed by atoms with Crippen LogP contribution in [0.3, 0.4) is 0 Å². The van der Waals surface area contributed by atoms with Crippen LogP contribution < -0.4 is 0 Å². The van der Waals surface area contributed by atoms with E-state index in [-0.39, 0.29) is 5.97 Å². The second-order valence-electron chi connectivity index (χ2n) is 4.26. The summed E-state index contributed by atoms with van der Waals surface area (Å²) < 4.78 is 4.96. The summed E-state index contributed by atoms with van der Waals surface area (Å²) in [6, 6.07) is 11.8. The number of ether oxygens (including phenoxy) is 1. The number of esters is 1. The Balaban J connectivity index is 2.19. The summed E-state index contributed by atoms with van der Waals surface area (Å²) >= 11 is 7.51. The minimum atomic E-state index is -0.269. The highest BCUT2D eigenvalue weighted by molar-refractivity contribution is 7.16. The maximum absolute atomic E-state index is 11.6. The van der Waals surface area contributed by atoms with Gasteiger partial charge in [-0.2, -0.15) is 0 Å². The van der Waals surface area contributed by atoms with E-state index in [2.05, 4.69) is 0 Å². The van der Waals surface area contributed by atoms with Gasteiger partial charge in [-0.1, -0.05) is 23.7 Å². The van der Waals surface area contributed by atoms with E-state index in [0.717, 1.165) is 20.3 Å². The molecule has 0 spiro atoms. The molecule has 0 amide bonds. The average Bonchev–Trinajstić information content (AvgIpc) is 2.88. The quantitative estimate of drug-likeness (QED) is 0.584. The zero-order valence-electron chi connectivity index (χ0n) is 11.4. The summed E-state index contributed by atoms with van der Waals surface area (Å²) in [6.45, 7) is 3.96. The fourth-order valence-corrected chi connectivity index (χ4v) is 2.86. The Kier molecular flexibility index (Phi) is 4.99. The highest BCUT2D eigenvalue weighted by atomic mass is 35.5. The molecule has 0 unspecified atom stereocenters. The minimum absolute atomic E-state index is 0.269. The predicted molar refractivity (Wildman–Crippen MR) is 85.0 cm³/mol. The highest BCUT2D eigenvalue weighted by Gasteiger charge is 2.06. The molecule has 0 fully saturated rings. The molecular weight excluding hydrogens is 292 g/mol. The van der Waals surface area contributed by atoms with Crippen LogP contribution in [0.15, 0.2) is 42.0 Å². The second kappa shape index (κ2) is 6.73. The molecule has 0 bridgehead atoms. The standard InChI is InChI=1S/C16H15ClO2S/c1-3-19-16(18)11(2)10-14-8-9-15(20-14)12-4-6-13(17)7-5-12/h4-10H,3H2,1-2H3/b11-10+. The van der Waals surface area contributed by atoms with E-state index in [1.165, 1.54) is 0 Å². The molecule has 0 saturated heterocycles. The van der Waals surface area contributed by atoms with Gasteiger partial charge < -0.3 is 4.74 Å². The monoisotopic (exact) mass is 306 g/mol. The lowest BCUT2D eigenvalue weighted by atomic mass is 10.2. The van der Waals surface area contributed by atoms with Crippen LogP contribution in [-0.2, 0) is 9.53 Å². The predicted octanol–water partition coefficient (Wildman–Crippen LogP) is 5.03. The summed E-state index contributed by atoms with van der Waals surface area (Å²) in [4.78, 5) is 13.7. The van der Waals surface area contributed by atoms with Gasteiger partial charge >= 0.3 is 5.97 Å². The zero-order valence-corrected chi connectivity index (χ0v) is 12.9. The van der Waals surface area contributed by atoms with Gasteiger partial charge in [0, 0.05) is 20.4 Å². The van der Waals surface area contributed by atoms with E-state index in [1.54, 1.807) is 25.2 Å². The van der Waals surface area contributed by atoms with Gasteiger partial charge in [-0.3, -0.25) is 0 Å². The Labute approximate surface area is 127 Å². The molecule has 2 rings (SSSR count). The van der Waals surface area contributed by atoms with Gasteiger partial charge in [0.1, 0.15) is 0 Å². The molecule has 2 nitrogen and oxygen atoms in total.